The first-order valence-corrected chi connectivity index (χ1v) is 11.0. The first-order chi connectivity index (χ1) is 12.9. The third kappa shape index (κ3) is 2.93. The van der Waals surface area contributed by atoms with Crippen molar-refractivity contribution < 1.29 is 4.79 Å². The minimum Gasteiger partial charge on any atom is -0.353 e. The molecule has 0 spiro atoms. The van der Waals surface area contributed by atoms with Gasteiger partial charge in [-0.2, -0.15) is 0 Å². The van der Waals surface area contributed by atoms with Crippen LogP contribution in [0.3, 0.4) is 0 Å². The van der Waals surface area contributed by atoms with Gasteiger partial charge in [0.15, 0.2) is 0 Å². The first-order valence-electron chi connectivity index (χ1n) is 11.0. The predicted octanol–water partition coefficient (Wildman–Crippen LogP) is 4.30. The van der Waals surface area contributed by atoms with E-state index in [9.17, 15) is 4.79 Å². The molecule has 146 valence electrons. The highest BCUT2D eigenvalue weighted by atomic mass is 16.2. The van der Waals surface area contributed by atoms with E-state index in [1.807, 2.05) is 0 Å². The van der Waals surface area contributed by atoms with Gasteiger partial charge in [-0.05, 0) is 86.5 Å². The molecule has 1 aromatic carbocycles. The van der Waals surface area contributed by atoms with Crippen molar-refractivity contribution in [3.8, 4) is 0 Å². The highest BCUT2D eigenvalue weighted by Crippen LogP contribution is 2.70. The average molecular weight is 367 g/mol. The van der Waals surface area contributed by atoms with Gasteiger partial charge in [0.05, 0.1) is 5.41 Å². The maximum Gasteiger partial charge on any atom is 0.226 e. The monoisotopic (exact) mass is 366 g/mol. The molecule has 3 heteroatoms. The number of hydrogen-bond acceptors (Lipinski definition) is 2. The zero-order chi connectivity index (χ0) is 18.7. The van der Waals surface area contributed by atoms with Crippen LogP contribution in [0.2, 0.25) is 0 Å². The van der Waals surface area contributed by atoms with Crippen molar-refractivity contribution in [3.63, 3.8) is 0 Å². The molecule has 0 aliphatic heterocycles. The lowest BCUT2D eigenvalue weighted by Gasteiger charge is -2.65. The van der Waals surface area contributed by atoms with E-state index in [2.05, 4.69) is 42.6 Å². The van der Waals surface area contributed by atoms with E-state index in [4.69, 9.17) is 5.73 Å². The highest BCUT2D eigenvalue weighted by molar-refractivity contribution is 5.84. The van der Waals surface area contributed by atoms with Gasteiger partial charge in [-0.3, -0.25) is 4.79 Å². The number of amides is 1. The van der Waals surface area contributed by atoms with E-state index >= 15 is 0 Å². The third-order valence-corrected chi connectivity index (χ3v) is 8.32. The smallest absolute Gasteiger partial charge is 0.226 e. The second-order valence-corrected chi connectivity index (χ2v) is 10.8. The number of rotatable bonds is 3. The summed E-state index contributed by atoms with van der Waals surface area (Å²) in [6.45, 7) is 2.46. The summed E-state index contributed by atoms with van der Waals surface area (Å²) in [4.78, 5) is 13.6. The Labute approximate surface area is 163 Å². The fourth-order valence-corrected chi connectivity index (χ4v) is 7.89. The van der Waals surface area contributed by atoms with Crippen molar-refractivity contribution in [1.82, 2.24) is 5.32 Å². The van der Waals surface area contributed by atoms with Crippen LogP contribution in [0.5, 0.6) is 0 Å². The molecule has 6 rings (SSSR count). The Balaban J connectivity index is 1.43. The Morgan fingerprint density at radius 3 is 2.44 bits per heavy atom. The van der Waals surface area contributed by atoms with Crippen molar-refractivity contribution in [2.24, 2.45) is 22.5 Å². The molecule has 5 saturated carbocycles. The standard InChI is InChI=1S/C24H34N2O/c1-22-11-17-12-23(14-22,18-5-3-2-4-6-18)16-24(13-17,15-22)21(27)26-20-9-7-19(25)8-10-20/h2-6,17,19-20H,7-16,25H2,1H3,(H,26,27)/t17?,19-,20-,22?,23?,24?. The van der Waals surface area contributed by atoms with Crippen molar-refractivity contribution >= 4 is 5.91 Å². The number of nitrogens with one attached hydrogen (secondary N) is 1. The molecule has 4 bridgehead atoms. The van der Waals surface area contributed by atoms with Crippen LogP contribution in [-0.2, 0) is 10.2 Å². The van der Waals surface area contributed by atoms with Gasteiger partial charge in [-0.1, -0.05) is 37.3 Å². The number of nitrogens with two attached hydrogens (primary N) is 1. The van der Waals surface area contributed by atoms with E-state index in [-0.39, 0.29) is 10.8 Å². The molecule has 0 radical (unpaired) electrons. The summed E-state index contributed by atoms with van der Waals surface area (Å²) in [6, 6.07) is 11.8. The zero-order valence-electron chi connectivity index (χ0n) is 16.7. The molecular formula is C24H34N2O. The first kappa shape index (κ1) is 17.7. The largest absolute Gasteiger partial charge is 0.353 e. The van der Waals surface area contributed by atoms with Gasteiger partial charge in [0, 0.05) is 12.1 Å². The van der Waals surface area contributed by atoms with Gasteiger partial charge < -0.3 is 11.1 Å². The van der Waals surface area contributed by atoms with Crippen molar-refractivity contribution in [1.29, 1.82) is 0 Å². The molecule has 1 amide bonds. The van der Waals surface area contributed by atoms with Crippen LogP contribution in [0.25, 0.3) is 0 Å². The van der Waals surface area contributed by atoms with Crippen molar-refractivity contribution in [3.05, 3.63) is 35.9 Å². The summed E-state index contributed by atoms with van der Waals surface area (Å²) in [7, 11) is 0. The summed E-state index contributed by atoms with van der Waals surface area (Å²) in [5, 5.41) is 3.49. The normalized spacial score (nSPS) is 45.6. The van der Waals surface area contributed by atoms with Crippen LogP contribution >= 0.6 is 0 Å². The summed E-state index contributed by atoms with van der Waals surface area (Å²) < 4.78 is 0. The molecule has 3 N–H and O–H groups in total. The van der Waals surface area contributed by atoms with Crippen LogP contribution < -0.4 is 11.1 Å². The number of carbonyl (C=O) groups excluding carboxylic acids is 1. The van der Waals surface area contributed by atoms with E-state index in [0.717, 1.165) is 44.9 Å². The molecule has 3 nitrogen and oxygen atoms in total. The number of carbonyl (C=O) groups is 1. The molecule has 0 heterocycles. The fraction of sp³-hybridized carbons (Fsp3) is 0.708. The van der Waals surface area contributed by atoms with Crippen LogP contribution in [0, 0.1) is 16.7 Å². The van der Waals surface area contributed by atoms with Crippen LogP contribution in [-0.4, -0.2) is 18.0 Å². The summed E-state index contributed by atoms with van der Waals surface area (Å²) in [5.41, 5.74) is 7.92. The second kappa shape index (κ2) is 6.07. The second-order valence-electron chi connectivity index (χ2n) is 10.8. The van der Waals surface area contributed by atoms with Gasteiger partial charge >= 0.3 is 0 Å². The third-order valence-electron chi connectivity index (χ3n) is 8.32. The lowest BCUT2D eigenvalue weighted by molar-refractivity contribution is -0.161. The van der Waals surface area contributed by atoms with Crippen LogP contribution in [0.1, 0.15) is 76.7 Å². The van der Waals surface area contributed by atoms with Crippen molar-refractivity contribution in [2.75, 3.05) is 0 Å². The summed E-state index contributed by atoms with van der Waals surface area (Å²) in [6.07, 6.45) is 11.3. The molecule has 27 heavy (non-hydrogen) atoms. The van der Waals surface area contributed by atoms with Crippen LogP contribution in [0.4, 0.5) is 0 Å². The van der Waals surface area contributed by atoms with E-state index < -0.39 is 0 Å². The van der Waals surface area contributed by atoms with E-state index in [0.29, 0.717) is 29.3 Å². The fourth-order valence-electron chi connectivity index (χ4n) is 7.89. The van der Waals surface area contributed by atoms with E-state index in [1.54, 1.807) is 0 Å². The van der Waals surface area contributed by atoms with Gasteiger partial charge in [-0.25, -0.2) is 0 Å². The molecule has 4 atom stereocenters. The number of benzene rings is 1. The van der Waals surface area contributed by atoms with Crippen molar-refractivity contribution in [2.45, 2.75) is 88.6 Å². The maximum absolute atomic E-state index is 13.6. The predicted molar refractivity (Wildman–Crippen MR) is 108 cm³/mol. The molecule has 5 fully saturated rings. The molecule has 4 unspecified atom stereocenters. The Bertz CT molecular complexity index is 725. The zero-order valence-corrected chi connectivity index (χ0v) is 16.7. The Kier molecular flexibility index (Phi) is 3.99. The Morgan fingerprint density at radius 2 is 1.74 bits per heavy atom. The van der Waals surface area contributed by atoms with Crippen LogP contribution in [0.15, 0.2) is 30.3 Å². The van der Waals surface area contributed by atoms with Gasteiger partial charge in [0.25, 0.3) is 0 Å². The Morgan fingerprint density at radius 1 is 1.00 bits per heavy atom. The van der Waals surface area contributed by atoms with Gasteiger partial charge in [0.1, 0.15) is 0 Å². The summed E-state index contributed by atoms with van der Waals surface area (Å²) >= 11 is 0. The molecule has 5 aliphatic carbocycles. The molecular weight excluding hydrogens is 332 g/mol. The van der Waals surface area contributed by atoms with Gasteiger partial charge in [0.2, 0.25) is 5.91 Å². The number of hydrogen-bond donors (Lipinski definition) is 2. The Hall–Kier alpha value is -1.35. The summed E-state index contributed by atoms with van der Waals surface area (Å²) in [5.74, 6) is 1.07. The maximum atomic E-state index is 13.6. The quantitative estimate of drug-likeness (QED) is 0.838. The molecule has 0 saturated heterocycles. The minimum atomic E-state index is -0.149. The van der Waals surface area contributed by atoms with Gasteiger partial charge in [-0.15, -0.1) is 0 Å². The minimum absolute atomic E-state index is 0.149. The molecule has 1 aromatic rings. The lowest BCUT2D eigenvalue weighted by atomic mass is 9.38. The molecule has 5 aliphatic rings. The van der Waals surface area contributed by atoms with E-state index in [1.165, 1.54) is 24.8 Å². The topological polar surface area (TPSA) is 55.1 Å². The molecule has 0 aromatic heterocycles. The lowest BCUT2D eigenvalue weighted by Crippen LogP contribution is -2.62. The SMILES string of the molecule is CC12CC3CC(C(=O)N[C@H]4CC[C@H](N)CC4)(C1)CC(c1ccccc1)(C3)C2. The average Bonchev–Trinajstić information content (AvgIpc) is 2.62. The highest BCUT2D eigenvalue weighted by Gasteiger charge is 2.64.